The number of hydrogen-bond acceptors (Lipinski definition) is 4. The van der Waals surface area contributed by atoms with Gasteiger partial charge in [-0.05, 0) is 62.2 Å². The van der Waals surface area contributed by atoms with Gasteiger partial charge in [0, 0.05) is 6.42 Å². The van der Waals surface area contributed by atoms with Crippen molar-refractivity contribution in [2.24, 2.45) is 0 Å². The monoisotopic (exact) mass is 490 g/mol. The van der Waals surface area contributed by atoms with Gasteiger partial charge in [-0.15, -0.1) is 0 Å². The molecular weight excluding hydrogens is 464 g/mol. The van der Waals surface area contributed by atoms with E-state index in [9.17, 15) is 22.4 Å². The fourth-order valence-electron chi connectivity index (χ4n) is 3.65. The Labute approximate surface area is 201 Å². The quantitative estimate of drug-likeness (QED) is 0.415. The predicted octanol–water partition coefficient (Wildman–Crippen LogP) is 6.26. The Morgan fingerprint density at radius 3 is 2.17 bits per heavy atom. The number of alkyl halides is 3. The minimum Gasteiger partial charge on any atom is -0.495 e. The summed E-state index contributed by atoms with van der Waals surface area (Å²) in [6.07, 6.45) is -4.37. The van der Waals surface area contributed by atoms with E-state index in [1.807, 2.05) is 0 Å². The molecule has 0 aliphatic heterocycles. The van der Waals surface area contributed by atoms with Gasteiger partial charge in [0.1, 0.15) is 22.7 Å². The van der Waals surface area contributed by atoms with E-state index in [2.05, 4.69) is 10.3 Å². The summed E-state index contributed by atoms with van der Waals surface area (Å²) in [5.41, 5.74) is -3.10. The maximum atomic E-state index is 14.6. The fourth-order valence-corrected chi connectivity index (χ4v) is 3.65. The van der Waals surface area contributed by atoms with Gasteiger partial charge in [0.25, 0.3) is 0 Å². The molecule has 1 heterocycles. The number of aromatic nitrogens is 1. The van der Waals surface area contributed by atoms with Crippen LogP contribution in [0.5, 0.6) is 5.75 Å². The Morgan fingerprint density at radius 1 is 0.971 bits per heavy atom. The van der Waals surface area contributed by atoms with Crippen molar-refractivity contribution >= 4 is 6.09 Å². The first kappa shape index (κ1) is 26.0. The smallest absolute Gasteiger partial charge is 0.416 e. The number of amides is 1. The lowest BCUT2D eigenvalue weighted by Gasteiger charge is -2.36. The number of nitrogens with zero attached hydrogens (tertiary/aromatic N) is 1. The van der Waals surface area contributed by atoms with E-state index in [1.165, 1.54) is 19.4 Å². The molecule has 1 N–H and O–H groups in total. The van der Waals surface area contributed by atoms with Crippen molar-refractivity contribution in [3.8, 4) is 5.75 Å². The van der Waals surface area contributed by atoms with E-state index in [0.717, 1.165) is 12.1 Å². The molecule has 1 amide bonds. The highest BCUT2D eigenvalue weighted by atomic mass is 19.4. The zero-order chi connectivity index (χ0) is 25.9. The summed E-state index contributed by atoms with van der Waals surface area (Å²) in [7, 11) is 1.44. The van der Waals surface area contributed by atoms with E-state index in [-0.39, 0.29) is 17.7 Å². The summed E-state index contributed by atoms with van der Waals surface area (Å²) in [6, 6.07) is 14.0. The zero-order valence-corrected chi connectivity index (χ0v) is 19.7. The SMILES string of the molecule is COc1ccc(C(Cc2ccccc2)(NC(=O)OC(C)(C)C)c2cc(F)cc(C(F)(F)F)c2)nc1. The van der Waals surface area contributed by atoms with Crippen LogP contribution in [-0.2, 0) is 22.9 Å². The lowest BCUT2D eigenvalue weighted by atomic mass is 9.80. The first-order chi connectivity index (χ1) is 16.3. The van der Waals surface area contributed by atoms with Crippen molar-refractivity contribution in [3.63, 3.8) is 0 Å². The first-order valence-electron chi connectivity index (χ1n) is 10.8. The van der Waals surface area contributed by atoms with Crippen LogP contribution in [0, 0.1) is 5.82 Å². The summed E-state index contributed by atoms with van der Waals surface area (Å²) >= 11 is 0. The van der Waals surface area contributed by atoms with Crippen molar-refractivity contribution in [3.05, 3.63) is 95.1 Å². The van der Waals surface area contributed by atoms with Gasteiger partial charge < -0.3 is 14.8 Å². The van der Waals surface area contributed by atoms with E-state index >= 15 is 0 Å². The number of ether oxygens (including phenoxy) is 2. The van der Waals surface area contributed by atoms with Gasteiger partial charge in [-0.3, -0.25) is 4.98 Å². The summed E-state index contributed by atoms with van der Waals surface area (Å²) in [6.45, 7) is 4.96. The Hall–Kier alpha value is -3.62. The highest BCUT2D eigenvalue weighted by Gasteiger charge is 2.41. The van der Waals surface area contributed by atoms with Crippen LogP contribution < -0.4 is 10.1 Å². The van der Waals surface area contributed by atoms with Gasteiger partial charge in [-0.1, -0.05) is 30.3 Å². The Kier molecular flexibility index (Phi) is 7.38. The van der Waals surface area contributed by atoms with Gasteiger partial charge in [0.15, 0.2) is 0 Å². The third-order valence-electron chi connectivity index (χ3n) is 5.15. The van der Waals surface area contributed by atoms with Crippen molar-refractivity contribution in [1.82, 2.24) is 10.3 Å². The molecule has 0 aliphatic carbocycles. The third-order valence-corrected chi connectivity index (χ3v) is 5.15. The number of carbonyl (C=O) groups excluding carboxylic acids is 1. The number of rotatable bonds is 6. The molecule has 1 atom stereocenters. The maximum Gasteiger partial charge on any atom is 0.416 e. The van der Waals surface area contributed by atoms with E-state index in [0.29, 0.717) is 17.4 Å². The molecule has 0 saturated heterocycles. The minimum absolute atomic E-state index is 0.0346. The molecule has 0 spiro atoms. The average Bonchev–Trinajstić information content (AvgIpc) is 2.77. The summed E-state index contributed by atoms with van der Waals surface area (Å²) < 4.78 is 66.1. The molecule has 3 rings (SSSR count). The lowest BCUT2D eigenvalue weighted by Crippen LogP contribution is -2.50. The van der Waals surface area contributed by atoms with Gasteiger partial charge >= 0.3 is 12.3 Å². The number of pyridine rings is 1. The molecule has 0 aliphatic rings. The standard InChI is InChI=1S/C26H26F4N2O3/c1-24(2,3)35-23(33)32-25(15-17-8-6-5-7-9-17,22-11-10-21(34-4)16-31-22)18-12-19(26(28,29)30)14-20(27)13-18/h5-14,16H,15H2,1-4H3,(H,32,33). The van der Waals surface area contributed by atoms with Gasteiger partial charge in [0.05, 0.1) is 24.6 Å². The van der Waals surface area contributed by atoms with Crippen LogP contribution in [0.25, 0.3) is 0 Å². The average molecular weight is 490 g/mol. The molecule has 186 valence electrons. The van der Waals surface area contributed by atoms with Crippen LogP contribution in [0.1, 0.15) is 43.2 Å². The number of alkyl carbamates (subject to hydrolysis) is 1. The Morgan fingerprint density at radius 2 is 1.63 bits per heavy atom. The van der Waals surface area contributed by atoms with Crippen LogP contribution in [0.2, 0.25) is 0 Å². The molecule has 0 fully saturated rings. The van der Waals surface area contributed by atoms with E-state index < -0.39 is 34.8 Å². The molecule has 9 heteroatoms. The van der Waals surface area contributed by atoms with Crippen LogP contribution in [0.15, 0.2) is 66.9 Å². The fraction of sp³-hybridized carbons (Fsp3) is 0.308. The molecular formula is C26H26F4N2O3. The lowest BCUT2D eigenvalue weighted by molar-refractivity contribution is -0.137. The normalized spacial score (nSPS) is 13.6. The van der Waals surface area contributed by atoms with Crippen molar-refractivity contribution in [2.45, 2.75) is 44.5 Å². The number of hydrogen-bond donors (Lipinski definition) is 1. The number of methoxy groups -OCH3 is 1. The second kappa shape index (κ2) is 9.93. The molecule has 35 heavy (non-hydrogen) atoms. The molecule has 1 unspecified atom stereocenters. The van der Waals surface area contributed by atoms with Crippen LogP contribution in [0.4, 0.5) is 22.4 Å². The molecule has 1 aromatic heterocycles. The molecule has 5 nitrogen and oxygen atoms in total. The van der Waals surface area contributed by atoms with Gasteiger partial charge in [-0.2, -0.15) is 13.2 Å². The third kappa shape index (κ3) is 6.49. The topological polar surface area (TPSA) is 60.5 Å². The second-order valence-electron chi connectivity index (χ2n) is 9.00. The van der Waals surface area contributed by atoms with E-state index in [4.69, 9.17) is 9.47 Å². The molecule has 0 bridgehead atoms. The molecule has 0 radical (unpaired) electrons. The highest BCUT2D eigenvalue weighted by Crippen LogP contribution is 2.38. The predicted molar refractivity (Wildman–Crippen MR) is 122 cm³/mol. The Bertz CT molecular complexity index is 1160. The van der Waals surface area contributed by atoms with Crippen LogP contribution in [-0.4, -0.2) is 23.8 Å². The first-order valence-corrected chi connectivity index (χ1v) is 10.8. The highest BCUT2D eigenvalue weighted by molar-refractivity contribution is 5.70. The van der Waals surface area contributed by atoms with Crippen molar-refractivity contribution in [2.75, 3.05) is 7.11 Å². The largest absolute Gasteiger partial charge is 0.495 e. The van der Waals surface area contributed by atoms with Crippen molar-refractivity contribution in [1.29, 1.82) is 0 Å². The number of halogens is 4. The van der Waals surface area contributed by atoms with E-state index in [1.54, 1.807) is 57.2 Å². The molecule has 2 aromatic carbocycles. The zero-order valence-electron chi connectivity index (χ0n) is 19.7. The van der Waals surface area contributed by atoms with Gasteiger partial charge in [0.2, 0.25) is 0 Å². The summed E-state index contributed by atoms with van der Waals surface area (Å²) in [5.74, 6) is -0.707. The number of nitrogens with one attached hydrogen (secondary N) is 1. The van der Waals surface area contributed by atoms with Gasteiger partial charge in [-0.25, -0.2) is 9.18 Å². The number of carbonyl (C=O) groups is 1. The number of benzene rings is 2. The summed E-state index contributed by atoms with van der Waals surface area (Å²) in [5, 5.41) is 2.71. The molecule has 3 aromatic rings. The second-order valence-corrected chi connectivity index (χ2v) is 9.00. The maximum absolute atomic E-state index is 14.6. The van der Waals surface area contributed by atoms with Crippen molar-refractivity contribution < 1.29 is 31.8 Å². The summed E-state index contributed by atoms with van der Waals surface area (Å²) in [4.78, 5) is 17.4. The van der Waals surface area contributed by atoms with Crippen LogP contribution >= 0.6 is 0 Å². The van der Waals surface area contributed by atoms with Crippen LogP contribution in [0.3, 0.4) is 0 Å². The minimum atomic E-state index is -4.81. The molecule has 0 saturated carbocycles. The Balaban J connectivity index is 2.30.